The molecular weight excluding hydrogens is 316 g/mol. The highest BCUT2D eigenvalue weighted by Gasteiger charge is 2.16. The van der Waals surface area contributed by atoms with Crippen LogP contribution >= 0.6 is 0 Å². The largest absolute Gasteiger partial charge is 0.491 e. The van der Waals surface area contributed by atoms with E-state index in [1.807, 2.05) is 12.1 Å². The highest BCUT2D eigenvalue weighted by molar-refractivity contribution is 5.33. The summed E-state index contributed by atoms with van der Waals surface area (Å²) in [6.45, 7) is 7.84. The molecule has 2 saturated heterocycles. The van der Waals surface area contributed by atoms with Gasteiger partial charge in [-0.25, -0.2) is 0 Å². The van der Waals surface area contributed by atoms with E-state index < -0.39 is 6.10 Å². The van der Waals surface area contributed by atoms with Crippen LogP contribution in [0.2, 0.25) is 0 Å². The molecule has 0 aromatic heterocycles. The molecule has 140 valence electrons. The number of para-hydroxylation sites is 1. The number of hydrogen-bond acceptors (Lipinski definition) is 5. The topological polar surface area (TPSA) is 45.2 Å². The second kappa shape index (κ2) is 10.1. The molecule has 0 aliphatic carbocycles. The van der Waals surface area contributed by atoms with E-state index in [0.29, 0.717) is 13.2 Å². The molecular formula is C20H32N2O3. The minimum absolute atomic E-state index is 0.358. The van der Waals surface area contributed by atoms with Crippen molar-refractivity contribution in [2.75, 3.05) is 52.5 Å². The lowest BCUT2D eigenvalue weighted by Crippen LogP contribution is -2.38. The first-order valence-corrected chi connectivity index (χ1v) is 9.72. The van der Waals surface area contributed by atoms with Crippen LogP contribution in [0.3, 0.4) is 0 Å². The minimum Gasteiger partial charge on any atom is -0.491 e. The Morgan fingerprint density at radius 2 is 1.76 bits per heavy atom. The van der Waals surface area contributed by atoms with Gasteiger partial charge in [-0.2, -0.15) is 0 Å². The van der Waals surface area contributed by atoms with Crippen molar-refractivity contribution >= 4 is 0 Å². The Kier molecular flexibility index (Phi) is 7.55. The van der Waals surface area contributed by atoms with Gasteiger partial charge in [0.15, 0.2) is 0 Å². The zero-order valence-electron chi connectivity index (χ0n) is 15.2. The lowest BCUT2D eigenvalue weighted by atomic mass is 10.1. The van der Waals surface area contributed by atoms with Gasteiger partial charge in [-0.3, -0.25) is 4.90 Å². The normalized spacial score (nSPS) is 21.6. The molecule has 5 nitrogen and oxygen atoms in total. The van der Waals surface area contributed by atoms with Crippen LogP contribution in [0.15, 0.2) is 24.3 Å². The standard InChI is InChI=1S/C20H32N2O3/c23-19(16-21-9-4-1-5-10-21)17-25-20-8-3-2-7-18(20)15-22-11-6-13-24-14-12-22/h2-3,7-8,19,23H,1,4-6,9-17H2. The van der Waals surface area contributed by atoms with Gasteiger partial charge in [0, 0.05) is 38.3 Å². The molecule has 1 unspecified atom stereocenters. The average molecular weight is 348 g/mol. The van der Waals surface area contributed by atoms with Crippen LogP contribution in [0.4, 0.5) is 0 Å². The number of rotatable bonds is 7. The quantitative estimate of drug-likeness (QED) is 0.818. The van der Waals surface area contributed by atoms with Gasteiger partial charge in [0.25, 0.3) is 0 Å². The zero-order valence-corrected chi connectivity index (χ0v) is 15.2. The third kappa shape index (κ3) is 6.26. The number of aliphatic hydroxyl groups is 1. The van der Waals surface area contributed by atoms with E-state index in [0.717, 1.165) is 58.1 Å². The molecule has 2 heterocycles. The smallest absolute Gasteiger partial charge is 0.123 e. The van der Waals surface area contributed by atoms with E-state index >= 15 is 0 Å². The predicted molar refractivity (Wildman–Crippen MR) is 98.9 cm³/mol. The lowest BCUT2D eigenvalue weighted by molar-refractivity contribution is 0.0611. The van der Waals surface area contributed by atoms with Crippen LogP contribution in [0.25, 0.3) is 0 Å². The van der Waals surface area contributed by atoms with Crippen LogP contribution in [0.1, 0.15) is 31.2 Å². The zero-order chi connectivity index (χ0) is 17.3. The predicted octanol–water partition coefficient (Wildman–Crippen LogP) is 2.13. The second-order valence-corrected chi connectivity index (χ2v) is 7.18. The number of ether oxygens (including phenoxy) is 2. The van der Waals surface area contributed by atoms with Crippen molar-refractivity contribution in [3.63, 3.8) is 0 Å². The van der Waals surface area contributed by atoms with Crippen molar-refractivity contribution in [1.82, 2.24) is 9.80 Å². The van der Waals surface area contributed by atoms with Gasteiger partial charge in [0.2, 0.25) is 0 Å². The van der Waals surface area contributed by atoms with Gasteiger partial charge in [-0.15, -0.1) is 0 Å². The molecule has 1 aromatic carbocycles. The molecule has 2 fully saturated rings. The van der Waals surface area contributed by atoms with E-state index in [4.69, 9.17) is 9.47 Å². The Morgan fingerprint density at radius 1 is 0.960 bits per heavy atom. The number of β-amino-alcohol motifs (C(OH)–C–C–N with tert-alkyl or cyclic N) is 1. The van der Waals surface area contributed by atoms with Crippen LogP contribution in [0.5, 0.6) is 5.75 Å². The molecule has 1 N–H and O–H groups in total. The summed E-state index contributed by atoms with van der Waals surface area (Å²) in [5, 5.41) is 10.3. The van der Waals surface area contributed by atoms with Crippen molar-refractivity contribution < 1.29 is 14.6 Å². The Labute approximate surface area is 151 Å². The first-order valence-electron chi connectivity index (χ1n) is 9.72. The first-order chi connectivity index (χ1) is 12.3. The molecule has 3 rings (SSSR count). The third-order valence-corrected chi connectivity index (χ3v) is 5.03. The summed E-state index contributed by atoms with van der Waals surface area (Å²) in [7, 11) is 0. The monoisotopic (exact) mass is 348 g/mol. The van der Waals surface area contributed by atoms with Crippen LogP contribution < -0.4 is 4.74 Å². The van der Waals surface area contributed by atoms with Gasteiger partial charge in [-0.05, 0) is 38.4 Å². The first kappa shape index (κ1) is 18.6. The van der Waals surface area contributed by atoms with Crippen LogP contribution in [-0.2, 0) is 11.3 Å². The van der Waals surface area contributed by atoms with Crippen LogP contribution in [-0.4, -0.2) is 73.6 Å². The molecule has 2 aliphatic heterocycles. The molecule has 0 amide bonds. The molecule has 25 heavy (non-hydrogen) atoms. The van der Waals surface area contributed by atoms with Crippen LogP contribution in [0, 0.1) is 0 Å². The SMILES string of the molecule is OC(COc1ccccc1CN1CCCOCC1)CN1CCCCC1. The number of hydrogen-bond donors (Lipinski definition) is 1. The number of benzene rings is 1. The van der Waals surface area contributed by atoms with E-state index in [1.54, 1.807) is 0 Å². The number of likely N-dealkylation sites (tertiary alicyclic amines) is 1. The van der Waals surface area contributed by atoms with Crippen molar-refractivity contribution in [2.24, 2.45) is 0 Å². The van der Waals surface area contributed by atoms with Gasteiger partial charge in [0.05, 0.1) is 6.61 Å². The van der Waals surface area contributed by atoms with E-state index in [9.17, 15) is 5.11 Å². The Hall–Kier alpha value is -1.14. The van der Waals surface area contributed by atoms with Gasteiger partial charge in [-0.1, -0.05) is 24.6 Å². The summed E-state index contributed by atoms with van der Waals surface area (Å²) in [6, 6.07) is 8.19. The molecule has 0 spiro atoms. The summed E-state index contributed by atoms with van der Waals surface area (Å²) in [5.74, 6) is 0.894. The third-order valence-electron chi connectivity index (χ3n) is 5.03. The van der Waals surface area contributed by atoms with E-state index in [2.05, 4.69) is 21.9 Å². The summed E-state index contributed by atoms with van der Waals surface area (Å²) < 4.78 is 11.5. The lowest BCUT2D eigenvalue weighted by Gasteiger charge is -2.28. The maximum absolute atomic E-state index is 10.3. The summed E-state index contributed by atoms with van der Waals surface area (Å²) in [6.07, 6.45) is 4.46. The number of piperidine rings is 1. The molecule has 5 heteroatoms. The van der Waals surface area contributed by atoms with E-state index in [1.165, 1.54) is 24.8 Å². The highest BCUT2D eigenvalue weighted by atomic mass is 16.5. The fraction of sp³-hybridized carbons (Fsp3) is 0.700. The van der Waals surface area contributed by atoms with Crippen molar-refractivity contribution in [3.05, 3.63) is 29.8 Å². The minimum atomic E-state index is -0.433. The maximum Gasteiger partial charge on any atom is 0.123 e. The molecule has 2 aliphatic rings. The van der Waals surface area contributed by atoms with Gasteiger partial charge in [0.1, 0.15) is 18.5 Å². The fourth-order valence-electron chi connectivity index (χ4n) is 3.65. The molecule has 0 saturated carbocycles. The highest BCUT2D eigenvalue weighted by Crippen LogP contribution is 2.21. The molecule has 0 radical (unpaired) electrons. The Bertz CT molecular complexity index is 497. The second-order valence-electron chi connectivity index (χ2n) is 7.18. The fourth-order valence-corrected chi connectivity index (χ4v) is 3.65. The van der Waals surface area contributed by atoms with Crippen molar-refractivity contribution in [1.29, 1.82) is 0 Å². The van der Waals surface area contributed by atoms with Gasteiger partial charge < -0.3 is 19.5 Å². The van der Waals surface area contributed by atoms with E-state index in [-0.39, 0.29) is 0 Å². The molecule has 1 atom stereocenters. The number of nitrogens with zero attached hydrogens (tertiary/aromatic N) is 2. The number of aliphatic hydroxyl groups excluding tert-OH is 1. The summed E-state index contributed by atoms with van der Waals surface area (Å²) >= 11 is 0. The molecule has 0 bridgehead atoms. The summed E-state index contributed by atoms with van der Waals surface area (Å²) in [5.41, 5.74) is 1.19. The van der Waals surface area contributed by atoms with Crippen molar-refractivity contribution in [2.45, 2.75) is 38.3 Å². The van der Waals surface area contributed by atoms with Gasteiger partial charge >= 0.3 is 0 Å². The Morgan fingerprint density at radius 3 is 2.64 bits per heavy atom. The Balaban J connectivity index is 1.49. The summed E-state index contributed by atoms with van der Waals surface area (Å²) in [4.78, 5) is 4.76. The average Bonchev–Trinajstić information content (AvgIpc) is 2.90. The molecule has 1 aromatic rings. The van der Waals surface area contributed by atoms with Crippen molar-refractivity contribution in [3.8, 4) is 5.75 Å². The maximum atomic E-state index is 10.3.